The van der Waals surface area contributed by atoms with Gasteiger partial charge in [0.15, 0.2) is 0 Å². The molecule has 3 N–H and O–H groups in total. The van der Waals surface area contributed by atoms with Crippen LogP contribution in [0.3, 0.4) is 0 Å². The van der Waals surface area contributed by atoms with Crippen molar-refractivity contribution in [3.63, 3.8) is 0 Å². The van der Waals surface area contributed by atoms with Gasteiger partial charge in [0.05, 0.1) is 88.0 Å². The minimum absolute atomic E-state index is 0.0888. The van der Waals surface area contributed by atoms with Crippen molar-refractivity contribution in [3.05, 3.63) is 158 Å². The Morgan fingerprint density at radius 1 is 0.871 bits per heavy atom. The molecule has 2 fully saturated rings. The summed E-state index contributed by atoms with van der Waals surface area (Å²) in [6, 6.07) is 27.5. The van der Waals surface area contributed by atoms with Gasteiger partial charge in [0.1, 0.15) is 17.4 Å². The van der Waals surface area contributed by atoms with Crippen LogP contribution in [-0.4, -0.2) is 145 Å². The summed E-state index contributed by atoms with van der Waals surface area (Å²) in [5.41, 5.74) is 14.1. The standard InChI is InChI=1S/C65H77Cl2FN10O7/c1-8-85-56-37-45(64(2,3)4)15-21-50(56)55-39-65(5,44-13-18-47(67)19-14-44)59(42-11-16-46(66)17-12-42)78(55)63(81)75-29-27-74(28-30-75)31-33-84-35-34-83-32-23-57(79)70-24-26-77-62(82-7)58-43-36-54(60(69)71-40-43)76-25-9-10-53(76)51-38-48(68)20-22-49(51)61(80)73(6)41-52(58)72-77/h11-22,36-40,53,59H,8-10,23-35,41H2,1-7H3,(H2,69,71)(H,70,79)/t53-,59-,65+/m1/s1. The van der Waals surface area contributed by atoms with Crippen molar-refractivity contribution in [1.82, 2.24) is 39.7 Å². The Labute approximate surface area is 507 Å². The van der Waals surface area contributed by atoms with E-state index < -0.39 is 17.3 Å². The Morgan fingerprint density at radius 3 is 2.28 bits per heavy atom. The number of piperazine rings is 1. The zero-order chi connectivity index (χ0) is 60.2. The van der Waals surface area contributed by atoms with Crippen LogP contribution in [0.1, 0.15) is 110 Å². The van der Waals surface area contributed by atoms with E-state index in [-0.39, 0.29) is 62.0 Å². The van der Waals surface area contributed by atoms with Crippen molar-refractivity contribution in [2.45, 2.75) is 89.9 Å². The fourth-order valence-corrected chi connectivity index (χ4v) is 12.5. The SMILES string of the molecule is CCOc1cc(C(C)(C)C)ccc1C1=C[C@@](C)(c2ccc(Cl)cc2)[C@@H](c2ccc(Cl)cc2)N1C(=O)N1CCN(CCOCCOCCC(=O)NCCn2nc3c(c2OC)-c2cnc(N)c(c2)N2CCC[C@@H]2c2cc(F)ccc2C(=O)N(C)C3)CC1. The number of anilines is 2. The second-order valence-corrected chi connectivity index (χ2v) is 24.3. The number of carbonyl (C=O) groups excluding carboxylic acids is 3. The van der Waals surface area contributed by atoms with E-state index in [0.717, 1.165) is 46.5 Å². The molecule has 450 valence electrons. The van der Waals surface area contributed by atoms with E-state index in [1.807, 2.05) is 71.3 Å². The van der Waals surface area contributed by atoms with Gasteiger partial charge in [-0.15, -0.1) is 0 Å². The van der Waals surface area contributed by atoms with Gasteiger partial charge in [-0.3, -0.25) is 19.4 Å². The van der Waals surface area contributed by atoms with Gasteiger partial charge < -0.3 is 44.7 Å². The summed E-state index contributed by atoms with van der Waals surface area (Å²) in [5.74, 6) is 0.638. The fraction of sp³-hybridized carbons (Fsp3) is 0.431. The lowest BCUT2D eigenvalue weighted by atomic mass is 9.74. The molecule has 3 atom stereocenters. The number of urea groups is 1. The maximum atomic E-state index is 15.4. The van der Waals surface area contributed by atoms with E-state index in [1.165, 1.54) is 12.1 Å². The van der Waals surface area contributed by atoms with Crippen LogP contribution in [0.4, 0.5) is 20.7 Å². The number of rotatable bonds is 18. The van der Waals surface area contributed by atoms with Crippen molar-refractivity contribution in [2.75, 3.05) is 104 Å². The summed E-state index contributed by atoms with van der Waals surface area (Å²) in [5, 5.41) is 9.12. The molecule has 85 heavy (non-hydrogen) atoms. The molecule has 2 aromatic heterocycles. The van der Waals surface area contributed by atoms with E-state index in [2.05, 4.69) is 72.1 Å². The third kappa shape index (κ3) is 13.1. The molecule has 4 aliphatic rings. The van der Waals surface area contributed by atoms with Gasteiger partial charge in [0.2, 0.25) is 11.8 Å². The maximum Gasteiger partial charge on any atom is 0.325 e. The summed E-state index contributed by atoms with van der Waals surface area (Å²) in [4.78, 5) is 57.0. The number of pyridine rings is 1. The zero-order valence-corrected chi connectivity index (χ0v) is 51.1. The number of nitrogens with two attached hydrogens (primary N) is 1. The summed E-state index contributed by atoms with van der Waals surface area (Å²) in [6.07, 6.45) is 5.59. The van der Waals surface area contributed by atoms with Crippen molar-refractivity contribution < 1.29 is 37.7 Å². The third-order valence-electron chi connectivity index (χ3n) is 16.7. The molecule has 0 unspecified atom stereocenters. The van der Waals surface area contributed by atoms with Crippen molar-refractivity contribution in [1.29, 1.82) is 0 Å². The van der Waals surface area contributed by atoms with Crippen molar-refractivity contribution in [3.8, 4) is 22.8 Å². The van der Waals surface area contributed by atoms with Gasteiger partial charge in [0.25, 0.3) is 5.91 Å². The van der Waals surface area contributed by atoms with Crippen LogP contribution in [0.25, 0.3) is 16.8 Å². The molecule has 0 spiro atoms. The molecule has 17 nitrogen and oxygen atoms in total. The lowest BCUT2D eigenvalue weighted by Crippen LogP contribution is -2.53. The van der Waals surface area contributed by atoms with Crippen molar-refractivity contribution >= 4 is 58.2 Å². The first kappa shape index (κ1) is 60.9. The molecular weight excluding hydrogens is 1120 g/mol. The van der Waals surface area contributed by atoms with E-state index in [0.29, 0.717) is 121 Å². The predicted octanol–water partition coefficient (Wildman–Crippen LogP) is 10.9. The molecule has 2 bridgehead atoms. The molecule has 6 aromatic rings. The summed E-state index contributed by atoms with van der Waals surface area (Å²) < 4.78 is 40.6. The number of ether oxygens (including phenoxy) is 4. The number of nitrogens with zero attached hydrogens (tertiary/aromatic N) is 8. The number of halogens is 3. The fourth-order valence-electron chi connectivity index (χ4n) is 12.3. The third-order valence-corrected chi connectivity index (χ3v) is 17.3. The lowest BCUT2D eigenvalue weighted by molar-refractivity contribution is -0.122. The second kappa shape index (κ2) is 26.2. The van der Waals surface area contributed by atoms with Crippen LogP contribution in [0.15, 0.2) is 103 Å². The van der Waals surface area contributed by atoms with Gasteiger partial charge in [-0.05, 0) is 121 Å². The molecule has 20 heteroatoms. The first-order valence-corrected chi connectivity index (χ1v) is 30.1. The van der Waals surface area contributed by atoms with Gasteiger partial charge in [-0.1, -0.05) is 74.3 Å². The Bertz CT molecular complexity index is 3420. The number of amides is 4. The zero-order valence-electron chi connectivity index (χ0n) is 49.6. The average Bonchev–Trinajstić information content (AvgIpc) is 1.97. The van der Waals surface area contributed by atoms with E-state index >= 15 is 4.79 Å². The molecule has 4 amide bonds. The summed E-state index contributed by atoms with van der Waals surface area (Å²) in [7, 11) is 3.26. The summed E-state index contributed by atoms with van der Waals surface area (Å²) >= 11 is 12.9. The van der Waals surface area contributed by atoms with Gasteiger partial charge >= 0.3 is 6.03 Å². The normalized spacial score (nSPS) is 19.0. The van der Waals surface area contributed by atoms with E-state index in [1.54, 1.807) is 36.0 Å². The summed E-state index contributed by atoms with van der Waals surface area (Å²) in [6.45, 7) is 16.9. The minimum atomic E-state index is -0.672. The van der Waals surface area contributed by atoms with Crippen LogP contribution in [0.5, 0.6) is 11.6 Å². The maximum absolute atomic E-state index is 15.4. The molecule has 0 radical (unpaired) electrons. The molecule has 4 aromatic carbocycles. The van der Waals surface area contributed by atoms with Gasteiger partial charge in [-0.25, -0.2) is 18.9 Å². The molecule has 0 saturated carbocycles. The van der Waals surface area contributed by atoms with Crippen LogP contribution >= 0.6 is 23.2 Å². The second-order valence-electron chi connectivity index (χ2n) is 23.4. The quantitative estimate of drug-likeness (QED) is 0.0781. The lowest BCUT2D eigenvalue weighted by Gasteiger charge is -2.42. The molecule has 4 aliphatic heterocycles. The Morgan fingerprint density at radius 2 is 1.58 bits per heavy atom. The van der Waals surface area contributed by atoms with E-state index in [4.69, 9.17) is 53.0 Å². The smallest absolute Gasteiger partial charge is 0.325 e. The highest BCUT2D eigenvalue weighted by Gasteiger charge is 2.50. The number of benzene rings is 4. The molecule has 2 saturated heterocycles. The van der Waals surface area contributed by atoms with Gasteiger partial charge in [0, 0.05) is 97.6 Å². The Balaban J connectivity index is 0.712. The van der Waals surface area contributed by atoms with Crippen LogP contribution < -0.4 is 25.4 Å². The highest BCUT2D eigenvalue weighted by molar-refractivity contribution is 6.30. The predicted molar refractivity (Wildman–Crippen MR) is 330 cm³/mol. The van der Waals surface area contributed by atoms with Gasteiger partial charge in [-0.2, -0.15) is 5.10 Å². The monoisotopic (exact) mass is 1200 g/mol. The van der Waals surface area contributed by atoms with Crippen LogP contribution in [0.2, 0.25) is 10.0 Å². The highest BCUT2D eigenvalue weighted by Crippen LogP contribution is 2.54. The number of carbonyl (C=O) groups is 3. The topological polar surface area (TPSA) is 173 Å². The first-order chi connectivity index (χ1) is 40.9. The largest absolute Gasteiger partial charge is 0.493 e. The van der Waals surface area contributed by atoms with Crippen molar-refractivity contribution in [2.24, 2.45) is 0 Å². The number of aromatic nitrogens is 3. The average molecular weight is 1200 g/mol. The molecule has 6 heterocycles. The van der Waals surface area contributed by atoms with Crippen LogP contribution in [-0.2, 0) is 38.2 Å². The number of fused-ring (bicyclic) bond motifs is 8. The number of hydrogen-bond acceptors (Lipinski definition) is 12. The van der Waals surface area contributed by atoms with Crippen LogP contribution in [0, 0.1) is 5.82 Å². The molecule has 0 aliphatic carbocycles. The number of nitrogen functional groups attached to an aromatic ring is 1. The molecule has 10 rings (SSSR count). The first-order valence-electron chi connectivity index (χ1n) is 29.3. The van der Waals surface area contributed by atoms with E-state index in [9.17, 15) is 14.0 Å². The number of hydrogen-bond donors (Lipinski definition) is 2. The molecular formula is C65H77Cl2FN10O7. The highest BCUT2D eigenvalue weighted by atomic mass is 35.5. The Kier molecular flexibility index (Phi) is 18.8. The number of methoxy groups -OCH3 is 1. The Hall–Kier alpha value is -7.22. The number of nitrogens with one attached hydrogen (secondary N) is 1. The minimum Gasteiger partial charge on any atom is -0.493 e.